The Morgan fingerprint density at radius 2 is 1.78 bits per heavy atom. The van der Waals surface area contributed by atoms with Crippen LogP contribution in [0.25, 0.3) is 0 Å². The molecule has 0 saturated carbocycles. The van der Waals surface area contributed by atoms with Crippen LogP contribution in [-0.2, 0) is 25.7 Å². The second-order valence-corrected chi connectivity index (χ2v) is 6.70. The highest BCUT2D eigenvalue weighted by molar-refractivity contribution is 7.98. The fraction of sp³-hybridized carbons (Fsp3) is 0.444. The van der Waals surface area contributed by atoms with Crippen LogP contribution in [0.15, 0.2) is 24.3 Å². The lowest BCUT2D eigenvalue weighted by Gasteiger charge is -2.16. The van der Waals surface area contributed by atoms with E-state index in [1.807, 2.05) is 6.26 Å². The van der Waals surface area contributed by atoms with Crippen molar-refractivity contribution < 1.29 is 23.9 Å². The third-order valence-corrected chi connectivity index (χ3v) is 4.25. The molecule has 0 saturated heterocycles. The summed E-state index contributed by atoms with van der Waals surface area (Å²) in [4.78, 5) is 46.4. The van der Waals surface area contributed by atoms with E-state index in [1.54, 1.807) is 36.0 Å². The van der Waals surface area contributed by atoms with Crippen molar-refractivity contribution in [3.8, 4) is 0 Å². The lowest BCUT2D eigenvalue weighted by molar-refractivity contribution is -0.142. The molecule has 0 heterocycles. The normalized spacial score (nSPS) is 11.2. The first-order chi connectivity index (χ1) is 12.9. The maximum atomic E-state index is 12.3. The van der Waals surface area contributed by atoms with Crippen molar-refractivity contribution in [3.63, 3.8) is 0 Å². The molecule has 0 fully saturated rings. The quantitative estimate of drug-likeness (QED) is 0.496. The Kier molecular flexibility index (Phi) is 9.95. The van der Waals surface area contributed by atoms with E-state index in [9.17, 15) is 19.2 Å². The zero-order valence-electron chi connectivity index (χ0n) is 15.7. The van der Waals surface area contributed by atoms with Gasteiger partial charge in [0.05, 0.1) is 13.7 Å². The monoisotopic (exact) mass is 395 g/mol. The number of esters is 1. The van der Waals surface area contributed by atoms with E-state index in [0.717, 1.165) is 11.3 Å². The fourth-order valence-electron chi connectivity index (χ4n) is 2.11. The Bertz CT molecular complexity index is 663. The molecule has 1 atom stereocenters. The van der Waals surface area contributed by atoms with Gasteiger partial charge in [0.25, 0.3) is 5.91 Å². The third-order valence-electron chi connectivity index (χ3n) is 3.61. The highest BCUT2D eigenvalue weighted by Gasteiger charge is 2.21. The van der Waals surface area contributed by atoms with Crippen LogP contribution in [0, 0.1) is 0 Å². The van der Waals surface area contributed by atoms with Crippen LogP contribution in [0.1, 0.15) is 29.3 Å². The van der Waals surface area contributed by atoms with E-state index in [-0.39, 0.29) is 30.8 Å². The van der Waals surface area contributed by atoms with Gasteiger partial charge in [0.2, 0.25) is 11.8 Å². The Balaban J connectivity index is 2.58. The van der Waals surface area contributed by atoms with Gasteiger partial charge in [0.1, 0.15) is 6.04 Å². The number of hydrogen-bond donors (Lipinski definition) is 3. The van der Waals surface area contributed by atoms with Gasteiger partial charge in [-0.05, 0) is 36.1 Å². The number of thioether (sulfide) groups is 1. The Morgan fingerprint density at radius 1 is 1.11 bits per heavy atom. The lowest BCUT2D eigenvalue weighted by atomic mass is 10.1. The number of carbonyl (C=O) groups is 4. The molecule has 0 aliphatic carbocycles. The molecule has 0 aliphatic heterocycles. The summed E-state index contributed by atoms with van der Waals surface area (Å²) in [5, 5.41) is 7.75. The number of carbonyl (C=O) groups excluding carboxylic acids is 4. The molecule has 0 bridgehead atoms. The minimum absolute atomic E-state index is 0.0826. The topological polar surface area (TPSA) is 114 Å². The Labute approximate surface area is 162 Å². The molecule has 0 aliphatic rings. The highest BCUT2D eigenvalue weighted by atomic mass is 32.2. The van der Waals surface area contributed by atoms with Crippen LogP contribution in [-0.4, -0.2) is 55.4 Å². The summed E-state index contributed by atoms with van der Waals surface area (Å²) in [5.41, 5.74) is 1.20. The first-order valence-corrected chi connectivity index (χ1v) is 9.74. The molecule has 1 aromatic carbocycles. The molecule has 0 spiro atoms. The van der Waals surface area contributed by atoms with Crippen molar-refractivity contribution in [2.75, 3.05) is 25.7 Å². The molecule has 0 radical (unpaired) electrons. The zero-order valence-corrected chi connectivity index (χ0v) is 16.5. The first kappa shape index (κ1) is 22.5. The summed E-state index contributed by atoms with van der Waals surface area (Å²) in [5.74, 6) is -0.703. The van der Waals surface area contributed by atoms with E-state index in [4.69, 9.17) is 4.74 Å². The van der Waals surface area contributed by atoms with Crippen molar-refractivity contribution in [2.45, 2.75) is 25.9 Å². The van der Waals surface area contributed by atoms with Gasteiger partial charge in [-0.3, -0.25) is 14.4 Å². The highest BCUT2D eigenvalue weighted by Crippen LogP contribution is 2.07. The lowest BCUT2D eigenvalue weighted by Crippen LogP contribution is -2.41. The van der Waals surface area contributed by atoms with Crippen molar-refractivity contribution in [2.24, 2.45) is 0 Å². The predicted octanol–water partition coefficient (Wildman–Crippen LogP) is 0.463. The molecule has 9 heteroatoms. The van der Waals surface area contributed by atoms with E-state index < -0.39 is 12.0 Å². The molecule has 148 valence electrons. The number of ether oxygens (including phenoxy) is 1. The molecule has 8 nitrogen and oxygen atoms in total. The number of benzene rings is 1. The van der Waals surface area contributed by atoms with Crippen LogP contribution < -0.4 is 16.0 Å². The summed E-state index contributed by atoms with van der Waals surface area (Å²) in [6.07, 6.45) is 2.40. The van der Waals surface area contributed by atoms with Crippen molar-refractivity contribution in [1.82, 2.24) is 16.0 Å². The van der Waals surface area contributed by atoms with Gasteiger partial charge in [0, 0.05) is 19.0 Å². The SMILES string of the molecule is COC(=O)[C@@H](CCSC)NC(=O)c1ccc(CNC(=O)CNC(C)=O)cc1. The zero-order chi connectivity index (χ0) is 20.2. The molecule has 27 heavy (non-hydrogen) atoms. The van der Waals surface area contributed by atoms with E-state index in [2.05, 4.69) is 16.0 Å². The predicted molar refractivity (Wildman–Crippen MR) is 103 cm³/mol. The molecule has 1 rings (SSSR count). The van der Waals surface area contributed by atoms with Crippen molar-refractivity contribution in [1.29, 1.82) is 0 Å². The third kappa shape index (κ3) is 8.59. The number of methoxy groups -OCH3 is 1. The standard InChI is InChI=1S/C18H25N3O5S/c1-12(22)19-11-16(23)20-10-13-4-6-14(7-5-13)17(24)21-15(8-9-27-3)18(25)26-2/h4-7,15H,8-11H2,1-3H3,(H,19,22)(H,20,23)(H,21,24)/t15-/m1/s1. The molecule has 3 amide bonds. The van der Waals surface area contributed by atoms with Crippen molar-refractivity contribution in [3.05, 3.63) is 35.4 Å². The summed E-state index contributed by atoms with van der Waals surface area (Å²) < 4.78 is 4.72. The van der Waals surface area contributed by atoms with Crippen LogP contribution in [0.3, 0.4) is 0 Å². The van der Waals surface area contributed by atoms with Crippen LogP contribution >= 0.6 is 11.8 Å². The fourth-order valence-corrected chi connectivity index (χ4v) is 2.58. The molecule has 3 N–H and O–H groups in total. The van der Waals surface area contributed by atoms with E-state index in [1.165, 1.54) is 14.0 Å². The van der Waals surface area contributed by atoms with Gasteiger partial charge in [-0.1, -0.05) is 12.1 Å². The maximum Gasteiger partial charge on any atom is 0.328 e. The molecule has 1 aromatic rings. The minimum Gasteiger partial charge on any atom is -0.467 e. The molecule has 0 unspecified atom stereocenters. The summed E-state index contributed by atoms with van der Waals surface area (Å²) >= 11 is 1.58. The average molecular weight is 395 g/mol. The average Bonchev–Trinajstić information content (AvgIpc) is 2.67. The smallest absolute Gasteiger partial charge is 0.328 e. The maximum absolute atomic E-state index is 12.3. The molecular weight excluding hydrogens is 370 g/mol. The Morgan fingerprint density at radius 3 is 2.33 bits per heavy atom. The summed E-state index contributed by atoms with van der Waals surface area (Å²) in [7, 11) is 1.29. The molecular formula is C18H25N3O5S. The molecule has 0 aromatic heterocycles. The number of rotatable bonds is 10. The van der Waals surface area contributed by atoms with Crippen LogP contribution in [0.2, 0.25) is 0 Å². The van der Waals surface area contributed by atoms with Gasteiger partial charge >= 0.3 is 5.97 Å². The van der Waals surface area contributed by atoms with E-state index >= 15 is 0 Å². The van der Waals surface area contributed by atoms with Gasteiger partial charge in [-0.2, -0.15) is 11.8 Å². The van der Waals surface area contributed by atoms with Crippen LogP contribution in [0.5, 0.6) is 0 Å². The van der Waals surface area contributed by atoms with Gasteiger partial charge < -0.3 is 20.7 Å². The minimum atomic E-state index is -0.692. The summed E-state index contributed by atoms with van der Waals surface area (Å²) in [6.45, 7) is 1.53. The second kappa shape index (κ2) is 11.9. The van der Waals surface area contributed by atoms with Gasteiger partial charge in [-0.15, -0.1) is 0 Å². The number of amides is 3. The number of nitrogens with one attached hydrogen (secondary N) is 3. The largest absolute Gasteiger partial charge is 0.467 e. The number of hydrogen-bond acceptors (Lipinski definition) is 6. The Hall–Kier alpha value is -2.55. The van der Waals surface area contributed by atoms with Crippen molar-refractivity contribution >= 4 is 35.5 Å². The second-order valence-electron chi connectivity index (χ2n) is 5.71. The van der Waals surface area contributed by atoms with Crippen LogP contribution in [0.4, 0.5) is 0 Å². The summed E-state index contributed by atoms with van der Waals surface area (Å²) in [6, 6.07) is 5.97. The van der Waals surface area contributed by atoms with Gasteiger partial charge in [-0.25, -0.2) is 4.79 Å². The van der Waals surface area contributed by atoms with E-state index in [0.29, 0.717) is 12.0 Å². The van der Waals surface area contributed by atoms with Gasteiger partial charge in [0.15, 0.2) is 0 Å². The first-order valence-electron chi connectivity index (χ1n) is 8.35.